The Morgan fingerprint density at radius 2 is 1.54 bits per heavy atom. The van der Waals surface area contributed by atoms with Crippen molar-refractivity contribution >= 4 is 21.4 Å². The Balaban J connectivity index is 2.32. The number of sulfone groups is 1. The van der Waals surface area contributed by atoms with Crippen LogP contribution >= 0.6 is 0 Å². The van der Waals surface area contributed by atoms with E-state index in [1.54, 1.807) is 37.3 Å². The van der Waals surface area contributed by atoms with Crippen LogP contribution in [0.4, 0.5) is 18.9 Å². The molecule has 0 aliphatic rings. The molecule has 0 saturated heterocycles. The lowest BCUT2D eigenvalue weighted by Gasteiger charge is -2.21. The average molecular weight is 357 g/mol. The van der Waals surface area contributed by atoms with Crippen molar-refractivity contribution in [3.05, 3.63) is 60.2 Å². The van der Waals surface area contributed by atoms with Gasteiger partial charge in [-0.3, -0.25) is 4.79 Å². The number of carbonyl (C=O) groups is 1. The van der Waals surface area contributed by atoms with Crippen molar-refractivity contribution in [3.8, 4) is 0 Å². The minimum absolute atomic E-state index is 0.0989. The first-order valence-electron chi connectivity index (χ1n) is 6.97. The fourth-order valence-electron chi connectivity index (χ4n) is 2.12. The van der Waals surface area contributed by atoms with Gasteiger partial charge >= 0.3 is 5.51 Å². The first kappa shape index (κ1) is 18.0. The molecule has 0 atom stereocenters. The van der Waals surface area contributed by atoms with Crippen molar-refractivity contribution in [1.29, 1.82) is 0 Å². The highest BCUT2D eigenvalue weighted by molar-refractivity contribution is 7.92. The van der Waals surface area contributed by atoms with Gasteiger partial charge in [0.25, 0.3) is 15.7 Å². The SMILES string of the molecule is CCN(C(=O)c1ccc(S(=O)(=O)C(F)(F)F)cc1)c1ccccc1. The second-order valence-corrected chi connectivity index (χ2v) is 6.80. The predicted octanol–water partition coefficient (Wildman–Crippen LogP) is 3.65. The van der Waals surface area contributed by atoms with Crippen molar-refractivity contribution in [1.82, 2.24) is 0 Å². The molecule has 2 aromatic rings. The molecule has 0 fully saturated rings. The van der Waals surface area contributed by atoms with Crippen LogP contribution in [0.3, 0.4) is 0 Å². The van der Waals surface area contributed by atoms with E-state index in [-0.39, 0.29) is 5.56 Å². The molecule has 0 N–H and O–H groups in total. The van der Waals surface area contributed by atoms with Crippen molar-refractivity contribution in [3.63, 3.8) is 0 Å². The van der Waals surface area contributed by atoms with Crippen LogP contribution in [0.1, 0.15) is 17.3 Å². The van der Waals surface area contributed by atoms with E-state index in [0.29, 0.717) is 12.2 Å². The summed E-state index contributed by atoms with van der Waals surface area (Å²) >= 11 is 0. The predicted molar refractivity (Wildman–Crippen MR) is 83.5 cm³/mol. The molecule has 0 radical (unpaired) electrons. The zero-order valence-electron chi connectivity index (χ0n) is 12.6. The van der Waals surface area contributed by atoms with E-state index in [1.165, 1.54) is 4.90 Å². The lowest BCUT2D eigenvalue weighted by Crippen LogP contribution is -2.30. The number of hydrogen-bond donors (Lipinski definition) is 0. The fraction of sp³-hybridized carbons (Fsp3) is 0.188. The van der Waals surface area contributed by atoms with Gasteiger partial charge < -0.3 is 4.90 Å². The van der Waals surface area contributed by atoms with Gasteiger partial charge in [-0.2, -0.15) is 13.2 Å². The third-order valence-corrected chi connectivity index (χ3v) is 4.85. The zero-order valence-corrected chi connectivity index (χ0v) is 13.4. The van der Waals surface area contributed by atoms with Crippen molar-refractivity contribution in [2.24, 2.45) is 0 Å². The van der Waals surface area contributed by atoms with Crippen LogP contribution in [-0.2, 0) is 9.84 Å². The van der Waals surface area contributed by atoms with Gasteiger partial charge in [0.05, 0.1) is 4.90 Å². The van der Waals surface area contributed by atoms with Gasteiger partial charge in [-0.05, 0) is 43.3 Å². The third kappa shape index (κ3) is 3.43. The van der Waals surface area contributed by atoms with Crippen LogP contribution in [0.5, 0.6) is 0 Å². The number of amides is 1. The van der Waals surface area contributed by atoms with Crippen LogP contribution < -0.4 is 4.90 Å². The van der Waals surface area contributed by atoms with E-state index < -0.39 is 26.1 Å². The van der Waals surface area contributed by atoms with Crippen molar-refractivity contribution < 1.29 is 26.4 Å². The second-order valence-electron chi connectivity index (χ2n) is 4.86. The molecule has 0 unspecified atom stereocenters. The van der Waals surface area contributed by atoms with E-state index in [0.717, 1.165) is 24.3 Å². The van der Waals surface area contributed by atoms with E-state index >= 15 is 0 Å². The van der Waals surface area contributed by atoms with Gasteiger partial charge in [0.1, 0.15) is 0 Å². The topological polar surface area (TPSA) is 54.5 Å². The van der Waals surface area contributed by atoms with Crippen molar-refractivity contribution in [2.75, 3.05) is 11.4 Å². The maximum atomic E-state index is 12.5. The highest BCUT2D eigenvalue weighted by atomic mass is 32.2. The summed E-state index contributed by atoms with van der Waals surface area (Å²) in [4.78, 5) is 13.0. The standard InChI is InChI=1S/C16H14F3NO3S/c1-2-20(13-6-4-3-5-7-13)15(21)12-8-10-14(11-9-12)24(22,23)16(17,18)19/h3-11H,2H2,1H3. The van der Waals surface area contributed by atoms with Crippen LogP contribution in [0.25, 0.3) is 0 Å². The number of alkyl halides is 3. The highest BCUT2D eigenvalue weighted by Crippen LogP contribution is 2.30. The number of rotatable bonds is 4. The highest BCUT2D eigenvalue weighted by Gasteiger charge is 2.46. The first-order chi connectivity index (χ1) is 11.2. The van der Waals surface area contributed by atoms with E-state index in [4.69, 9.17) is 0 Å². The Morgan fingerprint density at radius 1 is 1.00 bits per heavy atom. The summed E-state index contributed by atoms with van der Waals surface area (Å²) in [5, 5.41) is 0. The third-order valence-electron chi connectivity index (χ3n) is 3.35. The number of benzene rings is 2. The Kier molecular flexibility index (Phi) is 4.98. The molecule has 0 aliphatic carbocycles. The van der Waals surface area contributed by atoms with Gasteiger partial charge in [-0.25, -0.2) is 8.42 Å². The lowest BCUT2D eigenvalue weighted by atomic mass is 10.2. The normalized spacial score (nSPS) is 12.0. The Morgan fingerprint density at radius 3 is 2.00 bits per heavy atom. The van der Waals surface area contributed by atoms with Crippen molar-refractivity contribution in [2.45, 2.75) is 17.3 Å². The smallest absolute Gasteiger partial charge is 0.309 e. The van der Waals surface area contributed by atoms with Crippen LogP contribution in [0, 0.1) is 0 Å². The summed E-state index contributed by atoms with van der Waals surface area (Å²) in [6.45, 7) is 2.11. The molecule has 128 valence electrons. The first-order valence-corrected chi connectivity index (χ1v) is 8.45. The number of anilines is 1. The monoisotopic (exact) mass is 357 g/mol. The minimum atomic E-state index is -5.42. The molecule has 0 aliphatic heterocycles. The largest absolute Gasteiger partial charge is 0.501 e. The van der Waals surface area contributed by atoms with Gasteiger partial charge in [0, 0.05) is 17.8 Å². The van der Waals surface area contributed by atoms with E-state index in [2.05, 4.69) is 0 Å². The zero-order chi connectivity index (χ0) is 18.0. The molecule has 8 heteroatoms. The molecule has 0 saturated carbocycles. The Hall–Kier alpha value is -2.35. The molecule has 2 rings (SSSR count). The fourth-order valence-corrected chi connectivity index (χ4v) is 2.88. The molecule has 0 bridgehead atoms. The van der Waals surface area contributed by atoms with Gasteiger partial charge in [-0.15, -0.1) is 0 Å². The quantitative estimate of drug-likeness (QED) is 0.839. The Bertz CT molecular complexity index is 816. The molecular formula is C16H14F3NO3S. The maximum absolute atomic E-state index is 12.5. The lowest BCUT2D eigenvalue weighted by molar-refractivity contribution is -0.0436. The van der Waals surface area contributed by atoms with Crippen LogP contribution in [-0.4, -0.2) is 26.4 Å². The summed E-state index contributed by atoms with van der Waals surface area (Å²) in [5.41, 5.74) is -4.64. The number of carbonyl (C=O) groups excluding carboxylic acids is 1. The molecule has 4 nitrogen and oxygen atoms in total. The second kappa shape index (κ2) is 6.64. The molecular weight excluding hydrogens is 343 g/mol. The number of para-hydroxylation sites is 1. The summed E-state index contributed by atoms with van der Waals surface area (Å²) in [5.74, 6) is -0.431. The molecule has 0 heterocycles. The minimum Gasteiger partial charge on any atom is -0.309 e. The van der Waals surface area contributed by atoms with Crippen LogP contribution in [0.2, 0.25) is 0 Å². The number of halogens is 3. The average Bonchev–Trinajstić information content (AvgIpc) is 2.55. The number of hydrogen-bond acceptors (Lipinski definition) is 3. The summed E-state index contributed by atoms with van der Waals surface area (Å²) in [7, 11) is -5.42. The van der Waals surface area contributed by atoms with Crippen LogP contribution in [0.15, 0.2) is 59.5 Å². The number of nitrogens with zero attached hydrogens (tertiary/aromatic N) is 1. The van der Waals surface area contributed by atoms with Gasteiger partial charge in [0.2, 0.25) is 0 Å². The Labute approximate surface area is 137 Å². The molecule has 0 aromatic heterocycles. The van der Waals surface area contributed by atoms with Gasteiger partial charge in [0.15, 0.2) is 0 Å². The maximum Gasteiger partial charge on any atom is 0.501 e. The molecule has 1 amide bonds. The molecule has 0 spiro atoms. The molecule has 24 heavy (non-hydrogen) atoms. The van der Waals surface area contributed by atoms with Gasteiger partial charge in [-0.1, -0.05) is 18.2 Å². The van der Waals surface area contributed by atoms with E-state index in [9.17, 15) is 26.4 Å². The summed E-state index contributed by atoms with van der Waals surface area (Å²) in [6.07, 6.45) is 0. The summed E-state index contributed by atoms with van der Waals surface area (Å²) in [6, 6.07) is 12.5. The molecule has 2 aromatic carbocycles. The van der Waals surface area contributed by atoms with E-state index in [1.807, 2.05) is 0 Å². The summed E-state index contributed by atoms with van der Waals surface area (Å²) < 4.78 is 60.2.